The van der Waals surface area contributed by atoms with Crippen molar-refractivity contribution in [3.8, 4) is 0 Å². The Bertz CT molecular complexity index is 479. The van der Waals surface area contributed by atoms with E-state index in [0.29, 0.717) is 13.0 Å². The molecule has 0 aromatic heterocycles. The molecule has 1 rings (SSSR count). The third-order valence-electron chi connectivity index (χ3n) is 2.64. The van der Waals surface area contributed by atoms with E-state index >= 15 is 0 Å². The number of aliphatic hydroxyl groups is 1. The van der Waals surface area contributed by atoms with Crippen LogP contribution in [0.1, 0.15) is 23.7 Å². The molecule has 1 aromatic rings. The second-order valence-electron chi connectivity index (χ2n) is 4.25. The minimum absolute atomic E-state index is 0.0685. The van der Waals surface area contributed by atoms with Gasteiger partial charge in [0.15, 0.2) is 0 Å². The fourth-order valence-corrected chi connectivity index (χ4v) is 1.74. The van der Waals surface area contributed by atoms with E-state index in [4.69, 9.17) is 16.7 Å². The number of benzene rings is 1. The Labute approximate surface area is 115 Å². The Kier molecular flexibility index (Phi) is 5.72. The molecule has 0 heterocycles. The molecule has 1 atom stereocenters. The largest absolute Gasteiger partial charge is 0.396 e. The Hall–Kier alpha value is -1.66. The minimum atomic E-state index is -0.604. The van der Waals surface area contributed by atoms with Crippen molar-refractivity contribution in [2.75, 3.05) is 13.2 Å². The van der Waals surface area contributed by atoms with Crippen molar-refractivity contribution in [2.24, 2.45) is 5.92 Å². The minimum Gasteiger partial charge on any atom is -0.396 e. The third-order valence-corrected chi connectivity index (χ3v) is 2.94. The van der Waals surface area contributed by atoms with Crippen LogP contribution in [0.2, 0.25) is 5.02 Å². The van der Waals surface area contributed by atoms with Crippen LogP contribution in [0.4, 0.5) is 5.69 Å². The summed E-state index contributed by atoms with van der Waals surface area (Å²) in [5.41, 5.74) is 0.0404. The summed E-state index contributed by atoms with van der Waals surface area (Å²) >= 11 is 5.73. The molecule has 7 heteroatoms. The predicted octanol–water partition coefficient (Wildman–Crippen LogP) is 2.00. The summed E-state index contributed by atoms with van der Waals surface area (Å²) in [5.74, 6) is -0.191. The van der Waals surface area contributed by atoms with E-state index < -0.39 is 4.92 Å². The van der Waals surface area contributed by atoms with Gasteiger partial charge in [0.25, 0.3) is 11.6 Å². The maximum absolute atomic E-state index is 11.8. The molecule has 0 fully saturated rings. The van der Waals surface area contributed by atoms with Crippen LogP contribution in [0.25, 0.3) is 0 Å². The molecule has 0 bridgehead atoms. The molecule has 104 valence electrons. The average molecular weight is 287 g/mol. The van der Waals surface area contributed by atoms with Gasteiger partial charge in [0.1, 0.15) is 5.02 Å². The molecule has 0 aliphatic heterocycles. The SMILES string of the molecule is CC(CCO)CNC(=O)c1ccc([N+](=O)[O-])c(Cl)c1. The van der Waals surface area contributed by atoms with E-state index in [1.165, 1.54) is 18.2 Å². The molecule has 0 spiro atoms. The predicted molar refractivity (Wildman–Crippen MR) is 71.3 cm³/mol. The lowest BCUT2D eigenvalue weighted by molar-refractivity contribution is -0.384. The molecule has 0 radical (unpaired) electrons. The number of hydrogen-bond acceptors (Lipinski definition) is 4. The number of nitrogens with one attached hydrogen (secondary N) is 1. The van der Waals surface area contributed by atoms with Gasteiger partial charge in [-0.25, -0.2) is 0 Å². The van der Waals surface area contributed by atoms with Gasteiger partial charge in [-0.3, -0.25) is 14.9 Å². The van der Waals surface area contributed by atoms with Crippen LogP contribution in [0, 0.1) is 16.0 Å². The van der Waals surface area contributed by atoms with Crippen LogP contribution < -0.4 is 5.32 Å². The number of halogens is 1. The summed E-state index contributed by atoms with van der Waals surface area (Å²) in [4.78, 5) is 21.8. The highest BCUT2D eigenvalue weighted by molar-refractivity contribution is 6.33. The Morgan fingerprint density at radius 2 is 2.26 bits per heavy atom. The molecule has 6 nitrogen and oxygen atoms in total. The average Bonchev–Trinajstić information content (AvgIpc) is 2.35. The van der Waals surface area contributed by atoms with Gasteiger partial charge in [0.2, 0.25) is 0 Å². The number of rotatable bonds is 6. The molecule has 0 aliphatic rings. The maximum Gasteiger partial charge on any atom is 0.287 e. The molecule has 1 amide bonds. The first kappa shape index (κ1) is 15.4. The molecule has 0 saturated heterocycles. The number of hydrogen-bond donors (Lipinski definition) is 2. The fraction of sp³-hybridized carbons (Fsp3) is 0.417. The van der Waals surface area contributed by atoms with Gasteiger partial charge in [-0.2, -0.15) is 0 Å². The van der Waals surface area contributed by atoms with Crippen molar-refractivity contribution < 1.29 is 14.8 Å². The zero-order valence-corrected chi connectivity index (χ0v) is 11.2. The first-order chi connectivity index (χ1) is 8.95. The van der Waals surface area contributed by atoms with E-state index in [1.54, 1.807) is 0 Å². The van der Waals surface area contributed by atoms with E-state index in [-0.39, 0.29) is 34.7 Å². The number of aliphatic hydroxyl groups excluding tert-OH is 1. The van der Waals surface area contributed by atoms with E-state index in [0.717, 1.165) is 0 Å². The topological polar surface area (TPSA) is 92.5 Å². The Balaban J connectivity index is 2.68. The number of nitrogens with zero attached hydrogens (tertiary/aromatic N) is 1. The van der Waals surface area contributed by atoms with Crippen LogP contribution in [0.3, 0.4) is 0 Å². The van der Waals surface area contributed by atoms with Crippen LogP contribution in [0.5, 0.6) is 0 Å². The number of nitro groups is 1. The second kappa shape index (κ2) is 7.06. The number of carbonyl (C=O) groups is 1. The van der Waals surface area contributed by atoms with Crippen molar-refractivity contribution in [2.45, 2.75) is 13.3 Å². The van der Waals surface area contributed by atoms with Gasteiger partial charge in [0.05, 0.1) is 4.92 Å². The molecular weight excluding hydrogens is 272 g/mol. The van der Waals surface area contributed by atoms with Gasteiger partial charge in [-0.05, 0) is 24.5 Å². The van der Waals surface area contributed by atoms with Crippen LogP contribution in [-0.4, -0.2) is 29.1 Å². The molecule has 1 aromatic carbocycles. The third kappa shape index (κ3) is 4.50. The van der Waals surface area contributed by atoms with Gasteiger partial charge < -0.3 is 10.4 Å². The molecule has 1 unspecified atom stereocenters. The van der Waals surface area contributed by atoms with E-state index in [2.05, 4.69) is 5.32 Å². The fourth-order valence-electron chi connectivity index (χ4n) is 1.49. The van der Waals surface area contributed by atoms with Crippen LogP contribution in [0.15, 0.2) is 18.2 Å². The van der Waals surface area contributed by atoms with Crippen molar-refractivity contribution in [1.82, 2.24) is 5.32 Å². The van der Waals surface area contributed by atoms with Gasteiger partial charge in [0, 0.05) is 24.8 Å². The van der Waals surface area contributed by atoms with Crippen LogP contribution in [-0.2, 0) is 0 Å². The van der Waals surface area contributed by atoms with Gasteiger partial charge in [-0.1, -0.05) is 18.5 Å². The van der Waals surface area contributed by atoms with Crippen LogP contribution >= 0.6 is 11.6 Å². The lowest BCUT2D eigenvalue weighted by Crippen LogP contribution is -2.28. The summed E-state index contributed by atoms with van der Waals surface area (Å²) in [6, 6.07) is 3.83. The first-order valence-electron chi connectivity index (χ1n) is 5.78. The van der Waals surface area contributed by atoms with Crippen molar-refractivity contribution in [3.05, 3.63) is 38.9 Å². The summed E-state index contributed by atoms with van der Waals surface area (Å²) in [6.07, 6.45) is 0.599. The number of carbonyl (C=O) groups excluding carboxylic acids is 1. The van der Waals surface area contributed by atoms with Gasteiger partial charge in [-0.15, -0.1) is 0 Å². The number of nitro benzene ring substituents is 1. The number of amides is 1. The summed E-state index contributed by atoms with van der Waals surface area (Å²) in [6.45, 7) is 2.40. The highest BCUT2D eigenvalue weighted by atomic mass is 35.5. The summed E-state index contributed by atoms with van der Waals surface area (Å²) in [7, 11) is 0. The highest BCUT2D eigenvalue weighted by Gasteiger charge is 2.15. The normalized spacial score (nSPS) is 11.9. The van der Waals surface area contributed by atoms with Gasteiger partial charge >= 0.3 is 0 Å². The summed E-state index contributed by atoms with van der Waals surface area (Å²) in [5, 5.41) is 21.9. The smallest absolute Gasteiger partial charge is 0.287 e. The second-order valence-corrected chi connectivity index (χ2v) is 4.66. The zero-order valence-electron chi connectivity index (χ0n) is 10.4. The lowest BCUT2D eigenvalue weighted by atomic mass is 10.1. The molecule has 0 saturated carbocycles. The monoisotopic (exact) mass is 286 g/mol. The van der Waals surface area contributed by atoms with Crippen molar-refractivity contribution in [1.29, 1.82) is 0 Å². The van der Waals surface area contributed by atoms with E-state index in [9.17, 15) is 14.9 Å². The highest BCUT2D eigenvalue weighted by Crippen LogP contribution is 2.24. The first-order valence-corrected chi connectivity index (χ1v) is 6.16. The van der Waals surface area contributed by atoms with Crippen molar-refractivity contribution >= 4 is 23.2 Å². The quantitative estimate of drug-likeness (QED) is 0.618. The summed E-state index contributed by atoms with van der Waals surface area (Å²) < 4.78 is 0. The lowest BCUT2D eigenvalue weighted by Gasteiger charge is -2.11. The molecule has 0 aliphatic carbocycles. The maximum atomic E-state index is 11.8. The molecule has 19 heavy (non-hydrogen) atoms. The standard InChI is InChI=1S/C12H15ClN2O4/c1-8(4-5-16)7-14-12(17)9-2-3-11(15(18)19)10(13)6-9/h2-3,6,8,16H,4-5,7H2,1H3,(H,14,17). The molecule has 2 N–H and O–H groups in total. The zero-order chi connectivity index (χ0) is 14.4. The molecular formula is C12H15ClN2O4. The van der Waals surface area contributed by atoms with E-state index in [1.807, 2.05) is 6.92 Å². The van der Waals surface area contributed by atoms with Crippen molar-refractivity contribution in [3.63, 3.8) is 0 Å². The Morgan fingerprint density at radius 3 is 2.79 bits per heavy atom. The Morgan fingerprint density at radius 1 is 1.58 bits per heavy atom.